The molecule has 142 valence electrons. The molecular weight excluding hydrogens is 349 g/mol. The fraction of sp³-hybridized carbons (Fsp3) is 0.368. The van der Waals surface area contributed by atoms with Crippen LogP contribution < -0.4 is 5.59 Å². The summed E-state index contributed by atoms with van der Waals surface area (Å²) in [4.78, 5) is 23.5. The molecule has 0 unspecified atom stereocenters. The molecule has 27 heavy (non-hydrogen) atoms. The van der Waals surface area contributed by atoms with Crippen LogP contribution >= 0.6 is 0 Å². The molecule has 0 aliphatic carbocycles. The highest BCUT2D eigenvalue weighted by atomic mass is 16.7. The third-order valence-electron chi connectivity index (χ3n) is 5.20. The summed E-state index contributed by atoms with van der Waals surface area (Å²) in [6.07, 6.45) is -1.14. The minimum atomic E-state index is -1.14. The van der Waals surface area contributed by atoms with Crippen molar-refractivity contribution < 1.29 is 28.7 Å². The van der Waals surface area contributed by atoms with Crippen LogP contribution in [0.25, 0.3) is 11.3 Å². The van der Waals surface area contributed by atoms with E-state index in [2.05, 4.69) is 4.74 Å². The molecule has 1 aromatic heterocycles. The number of benzene rings is 1. The molecule has 3 rings (SSSR count). The number of rotatable bonds is 3. The van der Waals surface area contributed by atoms with E-state index < -0.39 is 30.4 Å². The Morgan fingerprint density at radius 1 is 1.00 bits per heavy atom. The van der Waals surface area contributed by atoms with E-state index >= 15 is 0 Å². The molecule has 1 aromatic carbocycles. The smallest absolute Gasteiger partial charge is 0.465 e. The summed E-state index contributed by atoms with van der Waals surface area (Å²) in [6, 6.07) is 9.91. The number of nitrogens with zero attached hydrogens (tertiary/aromatic N) is 1. The Bertz CT molecular complexity index is 868. The quantitative estimate of drug-likeness (QED) is 0.660. The van der Waals surface area contributed by atoms with Crippen LogP contribution in [0, 0.1) is 0 Å². The van der Waals surface area contributed by atoms with Gasteiger partial charge in [0, 0.05) is 0 Å². The van der Waals surface area contributed by atoms with Gasteiger partial charge >= 0.3 is 19.2 Å². The van der Waals surface area contributed by atoms with E-state index in [-0.39, 0.29) is 0 Å². The summed E-state index contributed by atoms with van der Waals surface area (Å²) in [6.45, 7) is 7.64. The lowest BCUT2D eigenvalue weighted by atomic mass is 9.85. The van der Waals surface area contributed by atoms with Crippen LogP contribution in [-0.2, 0) is 14.0 Å². The summed E-state index contributed by atoms with van der Waals surface area (Å²) in [5.74, 6) is -0.451. The molecule has 1 aliphatic heterocycles. The Labute approximate surface area is 158 Å². The van der Waals surface area contributed by atoms with Crippen LogP contribution in [0.1, 0.15) is 38.1 Å². The highest BCUT2D eigenvalue weighted by Crippen LogP contribution is 2.37. The van der Waals surface area contributed by atoms with Crippen LogP contribution in [0.4, 0.5) is 4.79 Å². The number of hydrogen-bond donors (Lipinski definition) is 1. The van der Waals surface area contributed by atoms with E-state index in [1.807, 2.05) is 27.7 Å². The van der Waals surface area contributed by atoms with Gasteiger partial charge in [-0.1, -0.05) is 12.1 Å². The number of hydrogen-bond acceptors (Lipinski definition) is 5. The van der Waals surface area contributed by atoms with Crippen molar-refractivity contribution >= 4 is 24.8 Å². The summed E-state index contributed by atoms with van der Waals surface area (Å²) < 4.78 is 17.8. The fourth-order valence-electron chi connectivity index (χ4n) is 2.93. The zero-order chi connectivity index (χ0) is 20.0. The second-order valence-electron chi connectivity index (χ2n) is 7.42. The molecule has 1 saturated heterocycles. The maximum atomic E-state index is 12.0. The first-order valence-corrected chi connectivity index (χ1v) is 8.57. The molecule has 8 heteroatoms. The van der Waals surface area contributed by atoms with E-state index in [4.69, 9.17) is 9.31 Å². The third-order valence-corrected chi connectivity index (χ3v) is 5.20. The van der Waals surface area contributed by atoms with Crippen molar-refractivity contribution in [2.75, 3.05) is 7.11 Å². The molecule has 2 aromatic rings. The van der Waals surface area contributed by atoms with Gasteiger partial charge in [0.1, 0.15) is 0 Å². The van der Waals surface area contributed by atoms with Gasteiger partial charge in [-0.15, -0.1) is 0 Å². The normalized spacial score (nSPS) is 17.7. The summed E-state index contributed by atoms with van der Waals surface area (Å²) in [7, 11) is 0.511. The molecule has 2 heterocycles. The minimum absolute atomic E-state index is 0.390. The number of esters is 1. The van der Waals surface area contributed by atoms with E-state index in [1.165, 1.54) is 7.11 Å². The SMILES string of the molecule is COC(=O)c1ccc(-c2ccc(B3OC(C)(C)C(C)(C)O3)n2C(=O)O)cc1. The van der Waals surface area contributed by atoms with Gasteiger partial charge in [-0.05, 0) is 57.5 Å². The Morgan fingerprint density at radius 2 is 1.56 bits per heavy atom. The summed E-state index contributed by atoms with van der Waals surface area (Å²) in [5.41, 5.74) is 0.742. The molecule has 0 spiro atoms. The van der Waals surface area contributed by atoms with Gasteiger partial charge in [0.25, 0.3) is 0 Å². The average molecular weight is 371 g/mol. The number of carboxylic acid groups (broad SMARTS) is 1. The number of ether oxygens (including phenoxy) is 1. The Hall–Kier alpha value is -2.58. The number of carbonyl (C=O) groups is 2. The molecule has 0 amide bonds. The third kappa shape index (κ3) is 3.26. The van der Waals surface area contributed by atoms with Crippen molar-refractivity contribution in [2.24, 2.45) is 0 Å². The van der Waals surface area contributed by atoms with E-state index in [9.17, 15) is 14.7 Å². The molecule has 1 aliphatic rings. The predicted molar refractivity (Wildman–Crippen MR) is 100 cm³/mol. The van der Waals surface area contributed by atoms with E-state index in [0.717, 1.165) is 4.57 Å². The second-order valence-corrected chi connectivity index (χ2v) is 7.42. The van der Waals surface area contributed by atoms with Gasteiger partial charge in [0.15, 0.2) is 0 Å². The molecule has 0 saturated carbocycles. The monoisotopic (exact) mass is 371 g/mol. The maximum Gasteiger partial charge on any atom is 0.513 e. The Kier molecular flexibility index (Phi) is 4.65. The van der Waals surface area contributed by atoms with Crippen molar-refractivity contribution in [3.8, 4) is 11.3 Å². The first-order chi connectivity index (χ1) is 12.6. The highest BCUT2D eigenvalue weighted by Gasteiger charge is 2.53. The Balaban J connectivity index is 2.00. The Morgan fingerprint density at radius 3 is 2.04 bits per heavy atom. The predicted octanol–water partition coefficient (Wildman–Crippen LogP) is 2.77. The minimum Gasteiger partial charge on any atom is -0.465 e. The first-order valence-electron chi connectivity index (χ1n) is 8.57. The zero-order valence-corrected chi connectivity index (χ0v) is 16.0. The van der Waals surface area contributed by atoms with Gasteiger partial charge in [0.2, 0.25) is 0 Å². The van der Waals surface area contributed by atoms with Crippen molar-refractivity contribution in [1.82, 2.24) is 4.57 Å². The molecule has 0 bridgehead atoms. The van der Waals surface area contributed by atoms with Crippen LogP contribution in [0.15, 0.2) is 36.4 Å². The number of methoxy groups -OCH3 is 1. The van der Waals surface area contributed by atoms with Crippen molar-refractivity contribution in [1.29, 1.82) is 0 Å². The average Bonchev–Trinajstić information content (AvgIpc) is 3.13. The second kappa shape index (κ2) is 6.54. The lowest BCUT2D eigenvalue weighted by Crippen LogP contribution is -2.41. The van der Waals surface area contributed by atoms with Crippen LogP contribution in [-0.4, -0.2) is 47.2 Å². The standard InChI is InChI=1S/C19H22BNO6/c1-18(2)19(3,4)27-20(26-18)15-11-10-14(21(15)17(23)24)12-6-8-13(9-7-12)16(22)25-5/h6-11H,1-5H3,(H,23,24). The highest BCUT2D eigenvalue weighted by molar-refractivity contribution is 6.61. The fourth-order valence-corrected chi connectivity index (χ4v) is 2.93. The van der Waals surface area contributed by atoms with Crippen molar-refractivity contribution in [3.63, 3.8) is 0 Å². The van der Waals surface area contributed by atoms with E-state index in [1.54, 1.807) is 36.4 Å². The molecule has 1 fully saturated rings. The van der Waals surface area contributed by atoms with Gasteiger partial charge < -0.3 is 19.2 Å². The number of carbonyl (C=O) groups excluding carboxylic acids is 1. The summed E-state index contributed by atoms with van der Waals surface area (Å²) in [5, 5.41) is 9.78. The summed E-state index contributed by atoms with van der Waals surface area (Å²) >= 11 is 0. The molecular formula is C19H22BNO6. The number of aromatic nitrogens is 1. The van der Waals surface area contributed by atoms with E-state index in [0.29, 0.717) is 22.4 Å². The van der Waals surface area contributed by atoms with Gasteiger partial charge in [-0.2, -0.15) is 0 Å². The molecule has 0 atom stereocenters. The van der Waals surface area contributed by atoms with Crippen LogP contribution in [0.2, 0.25) is 0 Å². The molecule has 7 nitrogen and oxygen atoms in total. The molecule has 0 radical (unpaired) electrons. The zero-order valence-electron chi connectivity index (χ0n) is 16.0. The van der Waals surface area contributed by atoms with Crippen LogP contribution in [0.3, 0.4) is 0 Å². The van der Waals surface area contributed by atoms with Crippen molar-refractivity contribution in [2.45, 2.75) is 38.9 Å². The lowest BCUT2D eigenvalue weighted by Gasteiger charge is -2.32. The largest absolute Gasteiger partial charge is 0.513 e. The maximum absolute atomic E-state index is 12.0. The lowest BCUT2D eigenvalue weighted by molar-refractivity contribution is 0.00578. The van der Waals surface area contributed by atoms with Gasteiger partial charge in [-0.3, -0.25) is 4.57 Å². The van der Waals surface area contributed by atoms with Gasteiger partial charge in [0.05, 0.1) is 35.2 Å². The topological polar surface area (TPSA) is 87.0 Å². The van der Waals surface area contributed by atoms with Gasteiger partial charge in [-0.25, -0.2) is 9.59 Å². The molecule has 1 N–H and O–H groups in total. The first kappa shape index (κ1) is 19.2. The van der Waals surface area contributed by atoms with Crippen molar-refractivity contribution in [3.05, 3.63) is 42.0 Å². The van der Waals surface area contributed by atoms with Crippen LogP contribution in [0.5, 0.6) is 0 Å².